The Morgan fingerprint density at radius 1 is 1.04 bits per heavy atom. The molecule has 0 spiro atoms. The van der Waals surface area contributed by atoms with E-state index in [1.807, 2.05) is 0 Å². The highest BCUT2D eigenvalue weighted by Crippen LogP contribution is 2.17. The number of allylic oxidation sites excluding steroid dienone is 1. The Morgan fingerprint density at radius 2 is 1.74 bits per heavy atom. The van der Waals surface area contributed by atoms with Crippen LogP contribution in [0.15, 0.2) is 12.1 Å². The van der Waals surface area contributed by atoms with Gasteiger partial charge < -0.3 is 5.11 Å². The highest BCUT2D eigenvalue weighted by atomic mass is 35.5. The molecule has 1 aromatic heterocycles. The predicted octanol–water partition coefficient (Wildman–Crippen LogP) is 5.81. The molecule has 1 rings (SSSR count). The van der Waals surface area contributed by atoms with Gasteiger partial charge in [0.25, 0.3) is 0 Å². The van der Waals surface area contributed by atoms with Gasteiger partial charge >= 0.3 is 0 Å². The minimum atomic E-state index is 0. The van der Waals surface area contributed by atoms with Crippen LogP contribution in [0.25, 0.3) is 6.08 Å². The second kappa shape index (κ2) is 13.6. The van der Waals surface area contributed by atoms with E-state index in [-0.39, 0.29) is 19.0 Å². The lowest BCUT2D eigenvalue weighted by Crippen LogP contribution is -1.99. The number of aliphatic hydroxyl groups is 1. The maximum Gasteiger partial charge on any atom is 0.0450 e. The molecule has 0 radical (unpaired) electrons. The van der Waals surface area contributed by atoms with Crippen LogP contribution in [0.1, 0.15) is 80.8 Å². The van der Waals surface area contributed by atoms with E-state index < -0.39 is 0 Å². The van der Waals surface area contributed by atoms with E-state index in [1.54, 1.807) is 0 Å². The van der Waals surface area contributed by atoms with E-state index in [2.05, 4.69) is 44.0 Å². The van der Waals surface area contributed by atoms with Gasteiger partial charge in [-0.25, -0.2) is 0 Å². The molecule has 0 aromatic carbocycles. The van der Waals surface area contributed by atoms with Gasteiger partial charge in [-0.2, -0.15) is 0 Å². The Morgan fingerprint density at radius 3 is 2.39 bits per heavy atom. The molecule has 132 valence electrons. The number of halogens is 1. The lowest BCUT2D eigenvalue weighted by molar-refractivity contribution is 0.288. The van der Waals surface area contributed by atoms with E-state index in [0.29, 0.717) is 0 Å². The van der Waals surface area contributed by atoms with Gasteiger partial charge in [-0.1, -0.05) is 51.2 Å². The average Bonchev–Trinajstić information content (AvgIpc) is 2.50. The molecule has 0 aliphatic carbocycles. The smallest absolute Gasteiger partial charge is 0.0450 e. The molecule has 23 heavy (non-hydrogen) atoms. The zero-order valence-corrected chi connectivity index (χ0v) is 15.9. The summed E-state index contributed by atoms with van der Waals surface area (Å²) in [4.78, 5) is 4.66. The predicted molar refractivity (Wildman–Crippen MR) is 103 cm³/mol. The molecule has 0 atom stereocenters. The van der Waals surface area contributed by atoms with Crippen molar-refractivity contribution >= 4 is 18.5 Å². The van der Waals surface area contributed by atoms with Crippen LogP contribution >= 0.6 is 12.4 Å². The highest BCUT2D eigenvalue weighted by molar-refractivity contribution is 5.85. The number of aryl methyl sites for hydroxylation is 3. The summed E-state index contributed by atoms with van der Waals surface area (Å²) in [6, 6.07) is 2.16. The van der Waals surface area contributed by atoms with Crippen LogP contribution in [0, 0.1) is 13.8 Å². The average molecular weight is 340 g/mol. The van der Waals surface area contributed by atoms with Gasteiger partial charge in [-0.05, 0) is 56.7 Å². The van der Waals surface area contributed by atoms with Gasteiger partial charge in [-0.15, -0.1) is 12.4 Å². The summed E-state index contributed by atoms with van der Waals surface area (Å²) in [5, 5.41) is 8.92. The van der Waals surface area contributed by atoms with Crippen LogP contribution in [-0.4, -0.2) is 16.7 Å². The molecule has 1 heterocycles. The summed E-state index contributed by atoms with van der Waals surface area (Å²) in [6.45, 7) is 6.73. The van der Waals surface area contributed by atoms with E-state index in [0.717, 1.165) is 30.7 Å². The van der Waals surface area contributed by atoms with Crippen molar-refractivity contribution < 1.29 is 5.11 Å². The van der Waals surface area contributed by atoms with Crippen LogP contribution in [-0.2, 0) is 6.42 Å². The molecular formula is C20H34ClNO. The molecule has 0 aliphatic rings. The largest absolute Gasteiger partial charge is 0.396 e. The maximum atomic E-state index is 8.92. The van der Waals surface area contributed by atoms with Crippen molar-refractivity contribution in [2.24, 2.45) is 0 Å². The molecule has 0 bridgehead atoms. The summed E-state index contributed by atoms with van der Waals surface area (Å²) >= 11 is 0. The van der Waals surface area contributed by atoms with Gasteiger partial charge in [0.05, 0.1) is 0 Å². The minimum absolute atomic E-state index is 0. The Kier molecular flexibility index (Phi) is 13.1. The number of hydrogen-bond acceptors (Lipinski definition) is 2. The molecule has 0 amide bonds. The Hall–Kier alpha value is -0.860. The van der Waals surface area contributed by atoms with E-state index in [9.17, 15) is 0 Å². The quantitative estimate of drug-likeness (QED) is 0.516. The summed E-state index contributed by atoms with van der Waals surface area (Å²) in [5.41, 5.74) is 4.75. The van der Waals surface area contributed by atoms with Crippen LogP contribution in [0.5, 0.6) is 0 Å². The highest BCUT2D eigenvalue weighted by Gasteiger charge is 2.04. The molecule has 0 saturated heterocycles. The van der Waals surface area contributed by atoms with Crippen molar-refractivity contribution in [3.8, 4) is 0 Å². The molecule has 0 aliphatic heterocycles. The van der Waals surface area contributed by atoms with E-state index in [4.69, 9.17) is 5.11 Å². The standard InChI is InChI=1S/C20H33NO.ClH/c1-4-5-6-7-8-9-10-11-14-20-17(2)16-19(13-12-15-22)21-18(20)3;/h11,14,16,22H,4-10,12-13,15H2,1-3H3;1H/b14-11+;. The van der Waals surface area contributed by atoms with Crippen molar-refractivity contribution in [2.45, 2.75) is 78.6 Å². The van der Waals surface area contributed by atoms with Crippen molar-refractivity contribution in [1.29, 1.82) is 0 Å². The third-order valence-corrected chi connectivity index (χ3v) is 4.11. The summed E-state index contributed by atoms with van der Waals surface area (Å²) in [5.74, 6) is 0. The zero-order chi connectivity index (χ0) is 16.2. The number of unbranched alkanes of at least 4 members (excludes halogenated alkanes) is 6. The Balaban J connectivity index is 0.00000484. The fourth-order valence-corrected chi connectivity index (χ4v) is 2.80. The number of aromatic nitrogens is 1. The molecular weight excluding hydrogens is 306 g/mol. The van der Waals surface area contributed by atoms with Gasteiger partial charge in [-0.3, -0.25) is 4.98 Å². The lowest BCUT2D eigenvalue weighted by Gasteiger charge is -2.08. The van der Waals surface area contributed by atoms with Gasteiger partial charge in [0, 0.05) is 18.0 Å². The monoisotopic (exact) mass is 339 g/mol. The molecule has 0 saturated carbocycles. The number of rotatable bonds is 11. The first-order valence-corrected chi connectivity index (χ1v) is 8.93. The number of nitrogens with zero attached hydrogens (tertiary/aromatic N) is 1. The molecule has 0 fully saturated rings. The SMILES string of the molecule is CCCCCCCC/C=C/c1c(C)cc(CCCO)nc1C.Cl. The third-order valence-electron chi connectivity index (χ3n) is 4.11. The van der Waals surface area contributed by atoms with E-state index >= 15 is 0 Å². The Bertz CT molecular complexity index is 434. The first-order valence-electron chi connectivity index (χ1n) is 8.93. The van der Waals surface area contributed by atoms with Crippen LogP contribution < -0.4 is 0 Å². The van der Waals surface area contributed by atoms with Crippen LogP contribution in [0.3, 0.4) is 0 Å². The summed E-state index contributed by atoms with van der Waals surface area (Å²) in [6.07, 6.45) is 15.4. The summed E-state index contributed by atoms with van der Waals surface area (Å²) < 4.78 is 0. The lowest BCUT2D eigenvalue weighted by atomic mass is 10.0. The van der Waals surface area contributed by atoms with Gasteiger partial charge in [0.1, 0.15) is 0 Å². The first-order chi connectivity index (χ1) is 10.7. The minimum Gasteiger partial charge on any atom is -0.396 e. The maximum absolute atomic E-state index is 8.92. The van der Waals surface area contributed by atoms with Crippen molar-refractivity contribution in [3.63, 3.8) is 0 Å². The number of pyridine rings is 1. The fraction of sp³-hybridized carbons (Fsp3) is 0.650. The zero-order valence-electron chi connectivity index (χ0n) is 15.1. The topological polar surface area (TPSA) is 33.1 Å². The Labute approximate surface area is 148 Å². The molecule has 0 unspecified atom stereocenters. The van der Waals surface area contributed by atoms with Crippen LogP contribution in [0.4, 0.5) is 0 Å². The fourth-order valence-electron chi connectivity index (χ4n) is 2.80. The molecule has 2 nitrogen and oxygen atoms in total. The van der Waals surface area contributed by atoms with Crippen LogP contribution in [0.2, 0.25) is 0 Å². The third kappa shape index (κ3) is 9.12. The van der Waals surface area contributed by atoms with E-state index in [1.165, 1.54) is 49.7 Å². The number of aliphatic hydroxyl groups excluding tert-OH is 1. The van der Waals surface area contributed by atoms with Crippen molar-refractivity contribution in [3.05, 3.63) is 34.7 Å². The second-order valence-electron chi connectivity index (χ2n) is 6.22. The van der Waals surface area contributed by atoms with Gasteiger partial charge in [0.2, 0.25) is 0 Å². The molecule has 1 aromatic rings. The molecule has 3 heteroatoms. The van der Waals surface area contributed by atoms with Gasteiger partial charge in [0.15, 0.2) is 0 Å². The summed E-state index contributed by atoms with van der Waals surface area (Å²) in [7, 11) is 0. The second-order valence-corrected chi connectivity index (χ2v) is 6.22. The normalized spacial score (nSPS) is 11.0. The first kappa shape index (κ1) is 22.1. The van der Waals surface area contributed by atoms with Crippen molar-refractivity contribution in [2.75, 3.05) is 6.61 Å². The number of hydrogen-bond donors (Lipinski definition) is 1. The van der Waals surface area contributed by atoms with Crippen molar-refractivity contribution in [1.82, 2.24) is 4.98 Å². The molecule has 1 N–H and O–H groups in total.